The molecule has 3 rings (SSSR count). The van der Waals surface area contributed by atoms with Gasteiger partial charge in [0, 0.05) is 22.8 Å². The van der Waals surface area contributed by atoms with Gasteiger partial charge in [0.2, 0.25) is 0 Å². The van der Waals surface area contributed by atoms with Gasteiger partial charge in [-0.1, -0.05) is 60.1 Å². The van der Waals surface area contributed by atoms with E-state index in [1.54, 1.807) is 0 Å². The fraction of sp³-hybridized carbons (Fsp3) is 0.143. The first-order chi connectivity index (χ1) is 11.8. The number of hydrogen-bond donors (Lipinski definition) is 1. The highest BCUT2D eigenvalue weighted by Crippen LogP contribution is 2.32. The van der Waals surface area contributed by atoms with Gasteiger partial charge in [0.1, 0.15) is 5.75 Å². The van der Waals surface area contributed by atoms with Crippen molar-refractivity contribution in [1.29, 1.82) is 0 Å². The largest absolute Gasteiger partial charge is 0.493 e. The molecule has 2 nitrogen and oxygen atoms in total. The predicted octanol–water partition coefficient (Wildman–Crippen LogP) is 5.89. The highest BCUT2D eigenvalue weighted by atomic mass is 35.5. The number of benzene rings is 3. The van der Waals surface area contributed by atoms with Crippen LogP contribution in [0, 0.1) is 0 Å². The topological polar surface area (TPSA) is 21.3 Å². The van der Waals surface area contributed by atoms with Crippen molar-refractivity contribution in [2.24, 2.45) is 0 Å². The van der Waals surface area contributed by atoms with E-state index in [-0.39, 0.29) is 0 Å². The predicted molar refractivity (Wildman–Crippen MR) is 102 cm³/mol. The third-order valence-corrected chi connectivity index (χ3v) is 3.94. The minimum Gasteiger partial charge on any atom is -0.493 e. The normalized spacial score (nSPS) is 10.4. The minimum absolute atomic E-state index is 0.654. The standard InChI is InChI=1S/C21H20ClNO/c22-18-12-13-21(20(16-18)17-8-3-1-4-9-17)24-15-7-14-23-19-10-5-2-6-11-19/h1-6,8-13,16,23H,7,14-15H2. The van der Waals surface area contributed by atoms with Gasteiger partial charge < -0.3 is 10.1 Å². The fourth-order valence-electron chi connectivity index (χ4n) is 2.51. The maximum atomic E-state index is 6.15. The molecule has 0 saturated heterocycles. The average Bonchev–Trinajstić information content (AvgIpc) is 2.64. The summed E-state index contributed by atoms with van der Waals surface area (Å²) in [5.41, 5.74) is 3.27. The van der Waals surface area contributed by atoms with Gasteiger partial charge in [0.25, 0.3) is 0 Å². The van der Waals surface area contributed by atoms with Crippen molar-refractivity contribution in [3.63, 3.8) is 0 Å². The van der Waals surface area contributed by atoms with Crippen LogP contribution in [0.2, 0.25) is 5.02 Å². The summed E-state index contributed by atoms with van der Waals surface area (Å²) in [4.78, 5) is 0. The Kier molecular flexibility index (Phi) is 5.75. The van der Waals surface area contributed by atoms with Crippen LogP contribution in [0.1, 0.15) is 6.42 Å². The molecular formula is C21H20ClNO. The molecule has 122 valence electrons. The van der Waals surface area contributed by atoms with E-state index in [1.165, 1.54) is 0 Å². The van der Waals surface area contributed by atoms with Crippen LogP contribution < -0.4 is 10.1 Å². The van der Waals surface area contributed by atoms with Crippen LogP contribution in [0.3, 0.4) is 0 Å². The lowest BCUT2D eigenvalue weighted by molar-refractivity contribution is 0.316. The van der Waals surface area contributed by atoms with Crippen molar-refractivity contribution in [3.8, 4) is 16.9 Å². The summed E-state index contributed by atoms with van der Waals surface area (Å²) in [5, 5.41) is 4.10. The lowest BCUT2D eigenvalue weighted by atomic mass is 10.0. The third kappa shape index (κ3) is 4.53. The summed E-state index contributed by atoms with van der Waals surface area (Å²) in [7, 11) is 0. The Morgan fingerprint density at radius 1 is 0.833 bits per heavy atom. The summed E-state index contributed by atoms with van der Waals surface area (Å²) in [6.07, 6.45) is 0.922. The summed E-state index contributed by atoms with van der Waals surface area (Å²) >= 11 is 6.15. The van der Waals surface area contributed by atoms with E-state index < -0.39 is 0 Å². The van der Waals surface area contributed by atoms with Gasteiger partial charge in [0.05, 0.1) is 6.61 Å². The SMILES string of the molecule is Clc1ccc(OCCCNc2ccccc2)c(-c2ccccc2)c1. The van der Waals surface area contributed by atoms with Crippen LogP contribution >= 0.6 is 11.6 Å². The van der Waals surface area contributed by atoms with E-state index in [1.807, 2.05) is 54.6 Å². The molecule has 0 fully saturated rings. The number of ether oxygens (including phenoxy) is 1. The van der Waals surface area contributed by atoms with Gasteiger partial charge in [-0.25, -0.2) is 0 Å². The van der Waals surface area contributed by atoms with Gasteiger partial charge in [0.15, 0.2) is 0 Å². The zero-order chi connectivity index (χ0) is 16.6. The molecule has 0 radical (unpaired) electrons. The van der Waals surface area contributed by atoms with Gasteiger partial charge in [-0.3, -0.25) is 0 Å². The maximum Gasteiger partial charge on any atom is 0.127 e. The van der Waals surface area contributed by atoms with Gasteiger partial charge in [-0.15, -0.1) is 0 Å². The van der Waals surface area contributed by atoms with Crippen molar-refractivity contribution >= 4 is 17.3 Å². The molecule has 0 heterocycles. The molecule has 1 N–H and O–H groups in total. The quantitative estimate of drug-likeness (QED) is 0.543. The molecule has 3 aromatic rings. The average molecular weight is 338 g/mol. The number of nitrogens with one attached hydrogen (secondary N) is 1. The molecule has 0 aromatic heterocycles. The minimum atomic E-state index is 0.654. The van der Waals surface area contributed by atoms with Crippen LogP contribution in [0.15, 0.2) is 78.9 Å². The van der Waals surface area contributed by atoms with Crippen LogP contribution in [0.25, 0.3) is 11.1 Å². The summed E-state index contributed by atoms with van der Waals surface area (Å²) in [5.74, 6) is 0.866. The molecule has 0 bridgehead atoms. The van der Waals surface area contributed by atoms with Crippen LogP contribution in [-0.4, -0.2) is 13.2 Å². The molecular weight excluding hydrogens is 318 g/mol. The molecule has 0 aliphatic heterocycles. The molecule has 0 unspecified atom stereocenters. The second-order valence-corrected chi connectivity index (χ2v) is 5.94. The lowest BCUT2D eigenvalue weighted by Crippen LogP contribution is -2.07. The molecule has 24 heavy (non-hydrogen) atoms. The number of halogens is 1. The lowest BCUT2D eigenvalue weighted by Gasteiger charge is -2.13. The maximum absolute atomic E-state index is 6.15. The Morgan fingerprint density at radius 3 is 2.29 bits per heavy atom. The second kappa shape index (κ2) is 8.42. The summed E-state index contributed by atoms with van der Waals surface area (Å²) in [6, 6.07) is 26.1. The van der Waals surface area contributed by atoms with E-state index in [9.17, 15) is 0 Å². The first-order valence-corrected chi connectivity index (χ1v) is 8.47. The second-order valence-electron chi connectivity index (χ2n) is 5.50. The Hall–Kier alpha value is -2.45. The van der Waals surface area contributed by atoms with Crippen molar-refractivity contribution < 1.29 is 4.74 Å². The molecule has 0 amide bonds. The molecule has 0 atom stereocenters. The Labute approximate surface area is 148 Å². The Bertz CT molecular complexity index is 759. The number of anilines is 1. The first kappa shape index (κ1) is 16.4. The zero-order valence-corrected chi connectivity index (χ0v) is 14.2. The Balaban J connectivity index is 1.57. The fourth-order valence-corrected chi connectivity index (χ4v) is 2.69. The van der Waals surface area contributed by atoms with Crippen molar-refractivity contribution in [3.05, 3.63) is 83.9 Å². The number of para-hydroxylation sites is 1. The zero-order valence-electron chi connectivity index (χ0n) is 13.4. The first-order valence-electron chi connectivity index (χ1n) is 8.09. The van der Waals surface area contributed by atoms with Crippen LogP contribution in [0.5, 0.6) is 5.75 Å². The van der Waals surface area contributed by atoms with Crippen LogP contribution in [-0.2, 0) is 0 Å². The van der Waals surface area contributed by atoms with E-state index in [2.05, 4.69) is 29.6 Å². The van der Waals surface area contributed by atoms with E-state index >= 15 is 0 Å². The molecule has 0 saturated carbocycles. The number of rotatable bonds is 7. The van der Waals surface area contributed by atoms with Gasteiger partial charge in [-0.2, -0.15) is 0 Å². The van der Waals surface area contributed by atoms with Crippen molar-refractivity contribution in [2.45, 2.75) is 6.42 Å². The number of hydrogen-bond acceptors (Lipinski definition) is 2. The van der Waals surface area contributed by atoms with E-state index in [0.717, 1.165) is 35.5 Å². The van der Waals surface area contributed by atoms with Crippen LogP contribution in [0.4, 0.5) is 5.69 Å². The van der Waals surface area contributed by atoms with E-state index in [0.29, 0.717) is 11.6 Å². The molecule has 0 aliphatic carbocycles. The van der Waals surface area contributed by atoms with Crippen molar-refractivity contribution in [1.82, 2.24) is 0 Å². The smallest absolute Gasteiger partial charge is 0.127 e. The molecule has 0 spiro atoms. The van der Waals surface area contributed by atoms with Crippen molar-refractivity contribution in [2.75, 3.05) is 18.5 Å². The highest BCUT2D eigenvalue weighted by Gasteiger charge is 2.07. The van der Waals surface area contributed by atoms with Gasteiger partial charge >= 0.3 is 0 Å². The van der Waals surface area contributed by atoms with Gasteiger partial charge in [-0.05, 0) is 42.3 Å². The Morgan fingerprint density at radius 2 is 1.54 bits per heavy atom. The summed E-state index contributed by atoms with van der Waals surface area (Å²) in [6.45, 7) is 1.53. The third-order valence-electron chi connectivity index (χ3n) is 3.71. The van der Waals surface area contributed by atoms with E-state index in [4.69, 9.17) is 16.3 Å². The summed E-state index contributed by atoms with van der Waals surface area (Å²) < 4.78 is 5.99. The monoisotopic (exact) mass is 337 g/mol. The molecule has 0 aliphatic rings. The molecule has 3 heteroatoms. The highest BCUT2D eigenvalue weighted by molar-refractivity contribution is 6.31. The molecule has 3 aromatic carbocycles.